The van der Waals surface area contributed by atoms with Crippen molar-refractivity contribution in [1.82, 2.24) is 59.8 Å². The molecular weight excluding hydrogens is 1310 g/mol. The number of aromatic nitrogens is 12. The number of methoxy groups -OCH3 is 6. The summed E-state index contributed by atoms with van der Waals surface area (Å²) in [6.07, 6.45) is 4.92. The second-order valence-electron chi connectivity index (χ2n) is 16.2. The topological polar surface area (TPSA) is 476 Å². The fraction of sp³-hybridized carbons (Fsp3) is 0.130. The van der Waals surface area contributed by atoms with E-state index in [9.17, 15) is 51.9 Å². The van der Waals surface area contributed by atoms with E-state index in [4.69, 9.17) is 51.6 Å². The summed E-state index contributed by atoms with van der Waals surface area (Å²) in [6.45, 7) is 0. The van der Waals surface area contributed by atoms with E-state index >= 15 is 0 Å². The smallest absolute Gasteiger partial charge is 0.467 e. The Morgan fingerprint density at radius 3 is 0.727 bits per heavy atom. The Bertz CT molecular complexity index is 4110. The van der Waals surface area contributed by atoms with Crippen LogP contribution in [0.5, 0.6) is 36.1 Å². The molecule has 8 aromatic rings. The number of nitrogens with one attached hydrogen (secondary N) is 4. The molecule has 8 N–H and O–H groups in total. The molecule has 42 heteroatoms. The van der Waals surface area contributed by atoms with E-state index in [1.165, 1.54) is 115 Å². The molecule has 0 aliphatic heterocycles. The maximum absolute atomic E-state index is 12.2. The van der Waals surface area contributed by atoms with E-state index in [-0.39, 0.29) is 177 Å². The Hall–Kier alpha value is -7.38. The van der Waals surface area contributed by atoms with Gasteiger partial charge in [-0.2, -0.15) is 83.5 Å². The van der Waals surface area contributed by atoms with Crippen LogP contribution in [0.15, 0.2) is 92.4 Å². The van der Waals surface area contributed by atoms with Crippen molar-refractivity contribution >= 4 is 135 Å². The molecule has 0 radical (unpaired) electrons. The Balaban J connectivity index is 0.000000450. The van der Waals surface area contributed by atoms with Crippen LogP contribution in [-0.2, 0) is 40.5 Å². The molecule has 452 valence electrons. The number of benzene rings is 4. The minimum absolute atomic E-state index is 0. The van der Waals surface area contributed by atoms with Gasteiger partial charge in [0.2, 0.25) is 34.4 Å². The zero-order valence-electron chi connectivity index (χ0n) is 48.5. The van der Waals surface area contributed by atoms with Crippen LogP contribution in [0, 0.1) is 0 Å². The van der Waals surface area contributed by atoms with Crippen LogP contribution in [0.25, 0.3) is 24.3 Å². The molecule has 88 heavy (non-hydrogen) atoms. The van der Waals surface area contributed by atoms with Crippen LogP contribution in [0.2, 0.25) is 10.6 Å². The van der Waals surface area contributed by atoms with Gasteiger partial charge >= 0.3 is 98.0 Å². The maximum Gasteiger partial charge on any atom is 1.00 e. The molecule has 0 spiro atoms. The van der Waals surface area contributed by atoms with Crippen molar-refractivity contribution < 1.29 is 142 Å². The number of halogens is 2. The average Bonchev–Trinajstić information content (AvgIpc) is 1.57. The number of anilines is 8. The van der Waals surface area contributed by atoms with Gasteiger partial charge in [-0.1, -0.05) is 48.6 Å². The van der Waals surface area contributed by atoms with Crippen molar-refractivity contribution in [2.45, 2.75) is 19.6 Å². The standard InChI is InChI=1S/2C23H21ClN8O9S2.2Na/c2*1-39-21-28-18(24)27-19(29-21)25-14-8-6-12(16(10-14)42(33,34)35)4-5-13-7-9-15(11-17(13)43(36,37)38)26-20-30-22(40-2)32-23(31-20)41-3;;/h2*4-11H,1-3H3,(H,33,34,35)(H,36,37,38)(H,25,27,28,29)(H,26,30,31,32);;/q;;2*+1/p+2. The van der Waals surface area contributed by atoms with Gasteiger partial charge in [-0.3, -0.25) is 18.2 Å². The van der Waals surface area contributed by atoms with Crippen molar-refractivity contribution in [3.05, 3.63) is 106 Å². The number of rotatable bonds is 22. The molecule has 0 atom stereocenters. The fourth-order valence-corrected chi connectivity index (χ4v) is 10.0. The molecule has 4 heterocycles. The van der Waals surface area contributed by atoms with Gasteiger partial charge in [0.05, 0.1) is 42.7 Å². The van der Waals surface area contributed by atoms with Crippen molar-refractivity contribution in [1.29, 1.82) is 0 Å². The summed E-state index contributed by atoms with van der Waals surface area (Å²) in [5.74, 6) is -0.223. The van der Waals surface area contributed by atoms with E-state index in [1.807, 2.05) is 0 Å². The molecule has 4 aromatic heterocycles. The van der Waals surface area contributed by atoms with E-state index in [1.54, 1.807) is 0 Å². The number of hydrogen-bond donors (Lipinski definition) is 8. The second-order valence-corrected chi connectivity index (χ2v) is 22.4. The van der Waals surface area contributed by atoms with Crippen LogP contribution in [0.1, 0.15) is 25.1 Å². The molecule has 0 saturated heterocycles. The Labute approximate surface area is 557 Å². The fourth-order valence-electron chi connectivity index (χ4n) is 6.88. The van der Waals surface area contributed by atoms with Crippen molar-refractivity contribution in [3.63, 3.8) is 0 Å². The third kappa shape index (κ3) is 19.8. The summed E-state index contributed by atoms with van der Waals surface area (Å²) in [5.41, 5.74) is 0.528. The summed E-state index contributed by atoms with van der Waals surface area (Å²) in [7, 11) is -11.2. The average molecular weight is 1350 g/mol. The van der Waals surface area contributed by atoms with Gasteiger partial charge in [-0.25, -0.2) is 0 Å². The Morgan fingerprint density at radius 1 is 0.341 bits per heavy atom. The second kappa shape index (κ2) is 30.7. The van der Waals surface area contributed by atoms with E-state index in [0.29, 0.717) is 0 Å². The quantitative estimate of drug-likeness (QED) is 0.0252. The molecule has 34 nitrogen and oxygen atoms in total. The molecular formula is C46H44Cl2N16Na2O18S4+4. The summed E-state index contributed by atoms with van der Waals surface area (Å²) in [5, 5.41) is 10.6. The maximum atomic E-state index is 12.2. The molecule has 0 aliphatic carbocycles. The largest absolute Gasteiger partial charge is 1.00 e. The van der Waals surface area contributed by atoms with Gasteiger partial charge in [-0.15, -0.1) is 9.97 Å². The van der Waals surface area contributed by atoms with Crippen LogP contribution < -0.4 is 109 Å². The van der Waals surface area contributed by atoms with Crippen molar-refractivity contribution in [2.24, 2.45) is 0 Å². The molecule has 0 unspecified atom stereocenters. The van der Waals surface area contributed by atoms with Gasteiger partial charge in [0.25, 0.3) is 40.5 Å². The number of nitrogens with zero attached hydrogens (tertiary/aromatic N) is 12. The van der Waals surface area contributed by atoms with Crippen LogP contribution in [0.4, 0.5) is 46.5 Å². The van der Waals surface area contributed by atoms with E-state index in [2.05, 4.69) is 81.1 Å². The van der Waals surface area contributed by atoms with Gasteiger partial charge in [0.1, 0.15) is 19.6 Å². The SMILES string of the molecule is COc1nc(Cl)nc(Nc2ccc(C=Cc3ccc(Nc4nc(OC)nc(OC)n4)cc3S(=O)(=O)O)c(S(=O)(=O)O)c2)n1.COc1nc(Cl)nc(Nc2ccc(C=Cc3ccc(Nc4nc(OC)nc(OC)n4)cc3S(=O)(=O)O)c(S(=O)(=O)O)c2)n1.[H+].[H+].[Na+].[Na+]. The van der Waals surface area contributed by atoms with E-state index in [0.717, 1.165) is 24.3 Å². The molecule has 0 bridgehead atoms. The molecule has 0 amide bonds. The minimum Gasteiger partial charge on any atom is -0.467 e. The normalized spacial score (nSPS) is 11.5. The minimum atomic E-state index is -4.78. The number of hydrogen-bond acceptors (Lipinski definition) is 30. The van der Waals surface area contributed by atoms with Crippen molar-refractivity contribution in [3.8, 4) is 36.1 Å². The summed E-state index contributed by atoms with van der Waals surface area (Å²) < 4.78 is 167. The zero-order chi connectivity index (χ0) is 62.7. The molecule has 0 saturated carbocycles. The first kappa shape index (κ1) is 71.4. The van der Waals surface area contributed by atoms with Gasteiger partial charge in [0.15, 0.2) is 0 Å². The Kier molecular flexibility index (Phi) is 24.9. The monoisotopic (exact) mass is 1350 g/mol. The van der Waals surface area contributed by atoms with E-state index < -0.39 is 60.1 Å². The number of ether oxygens (including phenoxy) is 6. The van der Waals surface area contributed by atoms with Gasteiger partial charge in [-0.05, 0) is 94.0 Å². The van der Waals surface area contributed by atoms with Crippen LogP contribution in [0.3, 0.4) is 0 Å². The van der Waals surface area contributed by atoms with Crippen LogP contribution in [-0.4, -0.2) is 154 Å². The van der Waals surface area contributed by atoms with Gasteiger partial charge in [0, 0.05) is 22.7 Å². The third-order valence-electron chi connectivity index (χ3n) is 10.5. The first-order chi connectivity index (χ1) is 40.6. The van der Waals surface area contributed by atoms with Gasteiger partial charge < -0.3 is 49.7 Å². The predicted octanol–water partition coefficient (Wildman–Crippen LogP) is 0.00660. The van der Waals surface area contributed by atoms with Crippen molar-refractivity contribution in [2.75, 3.05) is 63.9 Å². The molecule has 4 aromatic carbocycles. The summed E-state index contributed by atoms with van der Waals surface area (Å²) >= 11 is 11.7. The third-order valence-corrected chi connectivity index (χ3v) is 14.5. The summed E-state index contributed by atoms with van der Waals surface area (Å²) in [6, 6.07) is 15.0. The summed E-state index contributed by atoms with van der Waals surface area (Å²) in [4.78, 5) is 44.7. The first-order valence-electron chi connectivity index (χ1n) is 23.1. The molecule has 8 rings (SSSR count). The Morgan fingerprint density at radius 2 is 0.534 bits per heavy atom. The molecule has 0 fully saturated rings. The first-order valence-corrected chi connectivity index (χ1v) is 29.6. The molecule has 0 aliphatic rings. The predicted molar refractivity (Wildman–Crippen MR) is 307 cm³/mol. The zero-order valence-corrected chi connectivity index (χ0v) is 55.3. The van der Waals surface area contributed by atoms with Crippen LogP contribution >= 0.6 is 23.2 Å².